The Morgan fingerprint density at radius 3 is 2.50 bits per heavy atom. The number of carbonyl (C=O) groups is 3. The van der Waals surface area contributed by atoms with Crippen LogP contribution in [0.4, 0.5) is 5.00 Å². The van der Waals surface area contributed by atoms with Crippen molar-refractivity contribution in [2.24, 2.45) is 0 Å². The van der Waals surface area contributed by atoms with E-state index in [2.05, 4.69) is 15.3 Å². The molecule has 4 aromatic rings. The van der Waals surface area contributed by atoms with Gasteiger partial charge < -0.3 is 19.8 Å². The molecule has 2 N–H and O–H groups in total. The van der Waals surface area contributed by atoms with E-state index in [9.17, 15) is 19.6 Å². The number of anilines is 1. The number of carbonyl (C=O) groups excluding carboxylic acids is 3. The van der Waals surface area contributed by atoms with Crippen molar-refractivity contribution in [3.63, 3.8) is 0 Å². The first-order valence-corrected chi connectivity index (χ1v) is 12.9. The first kappa shape index (κ1) is 26.6. The Bertz CT molecular complexity index is 1560. The molecule has 0 saturated heterocycles. The van der Waals surface area contributed by atoms with Gasteiger partial charge in [0.1, 0.15) is 21.8 Å². The van der Waals surface area contributed by atoms with Crippen molar-refractivity contribution in [3.8, 4) is 17.5 Å². The second kappa shape index (κ2) is 11.3. The summed E-state index contributed by atoms with van der Waals surface area (Å²) < 4.78 is 10.5. The third-order valence-corrected chi connectivity index (χ3v) is 7.10. The van der Waals surface area contributed by atoms with Gasteiger partial charge in [0.15, 0.2) is 6.10 Å². The minimum Gasteiger partial charge on any atom is -0.462 e. The summed E-state index contributed by atoms with van der Waals surface area (Å²) >= 11 is 0.952. The third-order valence-electron chi connectivity index (χ3n) is 5.91. The molecule has 1 atom stereocenters. The van der Waals surface area contributed by atoms with Crippen molar-refractivity contribution < 1.29 is 23.9 Å². The van der Waals surface area contributed by atoms with Crippen LogP contribution in [0.2, 0.25) is 0 Å². The van der Waals surface area contributed by atoms with Crippen molar-refractivity contribution in [2.75, 3.05) is 11.9 Å². The molecule has 1 unspecified atom stereocenters. The van der Waals surface area contributed by atoms with Crippen molar-refractivity contribution in [2.45, 2.75) is 40.2 Å². The highest BCUT2D eigenvalue weighted by atomic mass is 32.1. The fourth-order valence-electron chi connectivity index (χ4n) is 3.82. The molecule has 1 amide bonds. The summed E-state index contributed by atoms with van der Waals surface area (Å²) in [5, 5.41) is 12.4. The Hall–Kier alpha value is -4.49. The van der Waals surface area contributed by atoms with Crippen LogP contribution in [0.5, 0.6) is 0 Å². The molecule has 38 heavy (non-hydrogen) atoms. The standard InChI is InChI=1S/C28H26N4O5S/c1-5-22(25(33)32-26-19(14-29)16(4)23(38-26)28(35)36-6-2)37-27(34)18-11-12-20-21(13-18)31-24(30-20)17-9-7-15(3)8-10-17/h7-13,22H,5-6H2,1-4H3,(H,30,31)(H,32,33). The minimum absolute atomic E-state index is 0.168. The largest absolute Gasteiger partial charge is 0.462 e. The van der Waals surface area contributed by atoms with Gasteiger partial charge >= 0.3 is 11.9 Å². The van der Waals surface area contributed by atoms with Crippen LogP contribution in [-0.2, 0) is 14.3 Å². The number of nitriles is 1. The van der Waals surface area contributed by atoms with Gasteiger partial charge in [0.2, 0.25) is 0 Å². The van der Waals surface area contributed by atoms with Crippen molar-refractivity contribution >= 4 is 45.2 Å². The lowest BCUT2D eigenvalue weighted by molar-refractivity contribution is -0.124. The molecule has 4 rings (SSSR count). The summed E-state index contributed by atoms with van der Waals surface area (Å²) in [6, 6.07) is 14.9. The first-order chi connectivity index (χ1) is 18.2. The maximum Gasteiger partial charge on any atom is 0.348 e. The minimum atomic E-state index is -1.11. The molecular weight excluding hydrogens is 504 g/mol. The quantitative estimate of drug-likeness (QED) is 0.286. The normalized spacial score (nSPS) is 11.6. The molecule has 0 fully saturated rings. The molecule has 2 aromatic heterocycles. The Labute approximate surface area is 223 Å². The first-order valence-electron chi connectivity index (χ1n) is 12.0. The van der Waals surface area contributed by atoms with Gasteiger partial charge in [0.05, 0.1) is 28.8 Å². The van der Waals surface area contributed by atoms with Crippen LogP contribution in [0.1, 0.15) is 57.0 Å². The number of nitrogens with one attached hydrogen (secondary N) is 2. The number of H-pyrrole nitrogens is 1. The topological polar surface area (TPSA) is 134 Å². The molecule has 0 radical (unpaired) electrons. The molecule has 0 bridgehead atoms. The zero-order chi connectivity index (χ0) is 27.4. The molecule has 9 nitrogen and oxygen atoms in total. The highest BCUT2D eigenvalue weighted by Crippen LogP contribution is 2.33. The molecule has 194 valence electrons. The summed E-state index contributed by atoms with van der Waals surface area (Å²) in [4.78, 5) is 46.1. The lowest BCUT2D eigenvalue weighted by Crippen LogP contribution is -2.32. The van der Waals surface area contributed by atoms with Gasteiger partial charge in [-0.15, -0.1) is 11.3 Å². The number of amides is 1. The van der Waals surface area contributed by atoms with Crippen LogP contribution in [-0.4, -0.2) is 40.5 Å². The molecule has 2 heterocycles. The van der Waals surface area contributed by atoms with Crippen molar-refractivity contribution in [3.05, 3.63) is 69.6 Å². The van der Waals surface area contributed by atoms with E-state index in [-0.39, 0.29) is 34.0 Å². The summed E-state index contributed by atoms with van der Waals surface area (Å²) in [6.45, 7) is 7.20. The number of hydrogen-bond donors (Lipinski definition) is 2. The van der Waals surface area contributed by atoms with E-state index >= 15 is 0 Å². The van der Waals surface area contributed by atoms with Gasteiger partial charge in [0, 0.05) is 5.56 Å². The van der Waals surface area contributed by atoms with Gasteiger partial charge in [0.25, 0.3) is 5.91 Å². The molecule has 0 aliphatic heterocycles. The van der Waals surface area contributed by atoms with Crippen LogP contribution >= 0.6 is 11.3 Å². The average molecular weight is 531 g/mol. The van der Waals surface area contributed by atoms with Crippen molar-refractivity contribution in [1.82, 2.24) is 9.97 Å². The second-order valence-corrected chi connectivity index (χ2v) is 9.59. The fourth-order valence-corrected chi connectivity index (χ4v) is 4.88. The van der Waals surface area contributed by atoms with Crippen LogP contribution in [0.15, 0.2) is 42.5 Å². The Balaban J connectivity index is 1.50. The predicted molar refractivity (Wildman–Crippen MR) is 144 cm³/mol. The number of benzene rings is 2. The van der Waals surface area contributed by atoms with Crippen molar-refractivity contribution in [1.29, 1.82) is 5.26 Å². The number of aromatic amines is 1. The predicted octanol–water partition coefficient (Wildman–Crippen LogP) is 5.53. The number of fused-ring (bicyclic) bond motifs is 1. The monoisotopic (exact) mass is 530 g/mol. The molecule has 0 aliphatic carbocycles. The van der Waals surface area contributed by atoms with E-state index in [0.717, 1.165) is 22.5 Å². The SMILES string of the molecule is CCOC(=O)c1sc(NC(=O)C(CC)OC(=O)c2ccc3nc(-c4ccc(C)cc4)[nH]c3c2)c(C#N)c1C. The Kier molecular flexibility index (Phi) is 7.88. The molecule has 10 heteroatoms. The molecule has 0 aliphatic rings. The number of aryl methyl sites for hydroxylation is 1. The number of aromatic nitrogens is 2. The van der Waals surface area contributed by atoms with Crippen LogP contribution < -0.4 is 5.32 Å². The Morgan fingerprint density at radius 2 is 1.84 bits per heavy atom. The van der Waals surface area contributed by atoms with Crippen LogP contribution in [0.25, 0.3) is 22.4 Å². The fraction of sp³-hybridized carbons (Fsp3) is 0.250. The van der Waals surface area contributed by atoms with Gasteiger partial charge in [-0.3, -0.25) is 4.79 Å². The smallest absolute Gasteiger partial charge is 0.348 e. The van der Waals surface area contributed by atoms with E-state index in [1.165, 1.54) is 0 Å². The highest BCUT2D eigenvalue weighted by molar-refractivity contribution is 7.18. The molecule has 2 aromatic carbocycles. The number of hydrogen-bond acceptors (Lipinski definition) is 8. The van der Waals surface area contributed by atoms with E-state index in [4.69, 9.17) is 9.47 Å². The highest BCUT2D eigenvalue weighted by Gasteiger charge is 2.27. The number of rotatable bonds is 8. The zero-order valence-corrected chi connectivity index (χ0v) is 22.2. The zero-order valence-electron chi connectivity index (χ0n) is 21.4. The molecule has 0 saturated carbocycles. The Morgan fingerprint density at radius 1 is 1.11 bits per heavy atom. The number of nitrogens with zero attached hydrogens (tertiary/aromatic N) is 2. The van der Waals surface area contributed by atoms with Gasteiger partial charge in [-0.2, -0.15) is 5.26 Å². The van der Waals surface area contributed by atoms with Crippen LogP contribution in [0, 0.1) is 25.2 Å². The maximum atomic E-state index is 13.0. The van der Waals surface area contributed by atoms with E-state index in [1.54, 1.807) is 39.0 Å². The summed E-state index contributed by atoms with van der Waals surface area (Å²) in [7, 11) is 0. The van der Waals surface area contributed by atoms with E-state index in [0.29, 0.717) is 22.4 Å². The molecule has 0 spiro atoms. The van der Waals surface area contributed by atoms with Crippen LogP contribution in [0.3, 0.4) is 0 Å². The van der Waals surface area contributed by atoms with Gasteiger partial charge in [-0.25, -0.2) is 14.6 Å². The second-order valence-electron chi connectivity index (χ2n) is 8.57. The summed E-state index contributed by atoms with van der Waals surface area (Å²) in [5.41, 5.74) is 4.27. The van der Waals surface area contributed by atoms with E-state index in [1.807, 2.05) is 37.3 Å². The summed E-state index contributed by atoms with van der Waals surface area (Å²) in [5.74, 6) is -1.16. The number of imidazole rings is 1. The average Bonchev–Trinajstić information content (AvgIpc) is 3.47. The van der Waals surface area contributed by atoms with E-state index < -0.39 is 23.9 Å². The lowest BCUT2D eigenvalue weighted by atomic mass is 10.1. The maximum absolute atomic E-state index is 13.0. The lowest BCUT2D eigenvalue weighted by Gasteiger charge is -2.15. The van der Waals surface area contributed by atoms with Gasteiger partial charge in [-0.1, -0.05) is 36.8 Å². The summed E-state index contributed by atoms with van der Waals surface area (Å²) in [6.07, 6.45) is -0.901. The van der Waals surface area contributed by atoms with Gasteiger partial charge in [-0.05, 0) is 51.0 Å². The number of ether oxygens (including phenoxy) is 2. The number of thiophene rings is 1. The number of esters is 2. The third kappa shape index (κ3) is 5.43. The molecular formula is C28H26N4O5S.